The highest BCUT2D eigenvalue weighted by atomic mass is 19.1. The monoisotopic (exact) mass is 293 g/mol. The number of hydrogen-bond donors (Lipinski definition) is 2. The van der Waals surface area contributed by atoms with E-state index in [1.165, 1.54) is 12.1 Å². The van der Waals surface area contributed by atoms with Crippen molar-refractivity contribution in [2.75, 3.05) is 6.54 Å². The summed E-state index contributed by atoms with van der Waals surface area (Å²) in [4.78, 5) is 25.2. The molecule has 0 spiro atoms. The van der Waals surface area contributed by atoms with Gasteiger partial charge in [0, 0.05) is 6.04 Å². The van der Waals surface area contributed by atoms with Crippen LogP contribution in [0.5, 0.6) is 0 Å². The first-order valence-electron chi connectivity index (χ1n) is 7.04. The molecule has 0 bridgehead atoms. The molecular weight excluding hydrogens is 273 g/mol. The minimum atomic E-state index is -0.492. The molecule has 1 aromatic carbocycles. The van der Waals surface area contributed by atoms with Gasteiger partial charge in [0.2, 0.25) is 11.8 Å². The summed E-state index contributed by atoms with van der Waals surface area (Å²) in [6.07, 6.45) is 0.653. The van der Waals surface area contributed by atoms with Crippen molar-refractivity contribution < 1.29 is 14.0 Å². The Labute approximate surface area is 123 Å². The molecule has 0 saturated carbocycles. The number of carbonyl (C=O) groups excluding carboxylic acids is 2. The molecular formula is C15H20FN3O2. The van der Waals surface area contributed by atoms with Crippen LogP contribution in [-0.2, 0) is 9.59 Å². The molecule has 1 fully saturated rings. The highest BCUT2D eigenvalue weighted by Crippen LogP contribution is 2.28. The number of halogens is 1. The zero-order valence-corrected chi connectivity index (χ0v) is 12.2. The van der Waals surface area contributed by atoms with Crippen molar-refractivity contribution in [1.29, 1.82) is 0 Å². The molecule has 3 atom stereocenters. The molecule has 3 N–H and O–H groups in total. The lowest BCUT2D eigenvalue weighted by Crippen LogP contribution is -2.59. The van der Waals surface area contributed by atoms with Crippen LogP contribution in [-0.4, -0.2) is 35.3 Å². The Morgan fingerprint density at radius 3 is 2.81 bits per heavy atom. The van der Waals surface area contributed by atoms with Crippen LogP contribution in [0.15, 0.2) is 24.3 Å². The summed E-state index contributed by atoms with van der Waals surface area (Å²) in [5.41, 5.74) is 6.86. The summed E-state index contributed by atoms with van der Waals surface area (Å²) in [5, 5.41) is 2.30. The van der Waals surface area contributed by atoms with E-state index in [-0.39, 0.29) is 36.3 Å². The third-order valence-electron chi connectivity index (χ3n) is 3.89. The summed E-state index contributed by atoms with van der Waals surface area (Å²) in [7, 11) is 0. The molecule has 1 aromatic rings. The van der Waals surface area contributed by atoms with E-state index in [1.54, 1.807) is 24.0 Å². The van der Waals surface area contributed by atoms with Crippen LogP contribution < -0.4 is 11.1 Å². The minimum Gasteiger partial charge on any atom is -0.326 e. The van der Waals surface area contributed by atoms with Crippen molar-refractivity contribution in [3.63, 3.8) is 0 Å². The molecule has 1 aliphatic heterocycles. The molecule has 0 radical (unpaired) electrons. The summed E-state index contributed by atoms with van der Waals surface area (Å²) in [5.74, 6) is -1.07. The Hall–Kier alpha value is -1.79. The van der Waals surface area contributed by atoms with Gasteiger partial charge in [-0.15, -0.1) is 0 Å². The van der Waals surface area contributed by atoms with Crippen LogP contribution in [0, 0.1) is 5.82 Å². The van der Waals surface area contributed by atoms with E-state index in [2.05, 4.69) is 5.32 Å². The Bertz CT molecular complexity index is 549. The molecule has 6 heteroatoms. The summed E-state index contributed by atoms with van der Waals surface area (Å²) >= 11 is 0. The Kier molecular flexibility index (Phi) is 4.69. The number of piperazine rings is 1. The number of nitrogens with one attached hydrogen (secondary N) is 1. The molecule has 3 unspecified atom stereocenters. The second-order valence-electron chi connectivity index (χ2n) is 5.33. The van der Waals surface area contributed by atoms with Gasteiger partial charge in [0.15, 0.2) is 0 Å². The maximum Gasteiger partial charge on any atom is 0.243 e. The average Bonchev–Trinajstić information content (AvgIpc) is 2.44. The molecule has 0 aliphatic carbocycles. The van der Waals surface area contributed by atoms with Crippen molar-refractivity contribution in [3.05, 3.63) is 35.6 Å². The fourth-order valence-electron chi connectivity index (χ4n) is 2.67. The smallest absolute Gasteiger partial charge is 0.243 e. The van der Waals surface area contributed by atoms with Crippen LogP contribution >= 0.6 is 0 Å². The quantitative estimate of drug-likeness (QED) is 0.811. The fourth-order valence-corrected chi connectivity index (χ4v) is 2.67. The lowest BCUT2D eigenvalue weighted by atomic mass is 9.94. The van der Waals surface area contributed by atoms with Crippen LogP contribution in [0.2, 0.25) is 0 Å². The van der Waals surface area contributed by atoms with Gasteiger partial charge in [-0.1, -0.05) is 19.1 Å². The van der Waals surface area contributed by atoms with Crippen molar-refractivity contribution in [1.82, 2.24) is 10.2 Å². The van der Waals surface area contributed by atoms with Crippen molar-refractivity contribution in [2.45, 2.75) is 38.4 Å². The molecule has 21 heavy (non-hydrogen) atoms. The fraction of sp³-hybridized carbons (Fsp3) is 0.467. The van der Waals surface area contributed by atoms with Gasteiger partial charge in [-0.25, -0.2) is 4.39 Å². The van der Waals surface area contributed by atoms with Gasteiger partial charge in [0.05, 0.1) is 18.6 Å². The van der Waals surface area contributed by atoms with E-state index < -0.39 is 6.04 Å². The summed E-state index contributed by atoms with van der Waals surface area (Å²) in [6, 6.07) is 4.97. The SMILES string of the molecule is CCC(N)C(c1cccc(F)c1)N1CC(=O)NC(=O)C1C. The zero-order valence-electron chi connectivity index (χ0n) is 12.2. The molecule has 5 nitrogen and oxygen atoms in total. The molecule has 1 saturated heterocycles. The van der Waals surface area contributed by atoms with Gasteiger partial charge in [0.25, 0.3) is 0 Å². The minimum absolute atomic E-state index is 0.0712. The second-order valence-corrected chi connectivity index (χ2v) is 5.33. The number of carbonyl (C=O) groups is 2. The largest absolute Gasteiger partial charge is 0.326 e. The maximum atomic E-state index is 13.5. The average molecular weight is 293 g/mol. The highest BCUT2D eigenvalue weighted by molar-refractivity contribution is 6.00. The van der Waals surface area contributed by atoms with Gasteiger partial charge < -0.3 is 5.73 Å². The zero-order chi connectivity index (χ0) is 15.6. The lowest BCUT2D eigenvalue weighted by Gasteiger charge is -2.40. The Balaban J connectivity index is 2.40. The third-order valence-corrected chi connectivity index (χ3v) is 3.89. The van der Waals surface area contributed by atoms with Crippen LogP contribution in [0.4, 0.5) is 4.39 Å². The first kappa shape index (κ1) is 15.6. The van der Waals surface area contributed by atoms with E-state index in [4.69, 9.17) is 5.73 Å². The van der Waals surface area contributed by atoms with Crippen molar-refractivity contribution in [2.24, 2.45) is 5.73 Å². The van der Waals surface area contributed by atoms with E-state index in [1.807, 2.05) is 6.92 Å². The maximum absolute atomic E-state index is 13.5. The number of imide groups is 1. The highest BCUT2D eigenvalue weighted by Gasteiger charge is 2.37. The van der Waals surface area contributed by atoms with Crippen LogP contribution in [0.1, 0.15) is 31.9 Å². The number of rotatable bonds is 4. The number of nitrogens with zero attached hydrogens (tertiary/aromatic N) is 1. The molecule has 114 valence electrons. The number of nitrogens with two attached hydrogens (primary N) is 1. The Morgan fingerprint density at radius 2 is 2.19 bits per heavy atom. The standard InChI is InChI=1S/C15H20FN3O2/c1-3-12(17)14(10-5-4-6-11(16)7-10)19-8-13(20)18-15(21)9(19)2/h4-7,9,12,14H,3,8,17H2,1-2H3,(H,18,20,21). The van der Waals surface area contributed by atoms with Gasteiger partial charge in [-0.05, 0) is 31.0 Å². The van der Waals surface area contributed by atoms with E-state index in [0.717, 1.165) is 0 Å². The predicted molar refractivity (Wildman–Crippen MR) is 76.7 cm³/mol. The normalized spacial score (nSPS) is 22.8. The van der Waals surface area contributed by atoms with Gasteiger partial charge in [0.1, 0.15) is 5.82 Å². The number of benzene rings is 1. The van der Waals surface area contributed by atoms with E-state index >= 15 is 0 Å². The first-order chi connectivity index (χ1) is 9.93. The molecule has 0 aromatic heterocycles. The van der Waals surface area contributed by atoms with Crippen LogP contribution in [0.3, 0.4) is 0 Å². The molecule has 1 aliphatic rings. The molecule has 2 rings (SSSR count). The third kappa shape index (κ3) is 3.28. The topological polar surface area (TPSA) is 75.4 Å². The van der Waals surface area contributed by atoms with Crippen molar-refractivity contribution in [3.8, 4) is 0 Å². The van der Waals surface area contributed by atoms with Gasteiger partial charge >= 0.3 is 0 Å². The second kappa shape index (κ2) is 6.32. The molecule has 2 amide bonds. The summed E-state index contributed by atoms with van der Waals surface area (Å²) < 4.78 is 13.5. The van der Waals surface area contributed by atoms with Crippen LogP contribution in [0.25, 0.3) is 0 Å². The Morgan fingerprint density at radius 1 is 1.48 bits per heavy atom. The molecule has 1 heterocycles. The number of hydrogen-bond acceptors (Lipinski definition) is 4. The van der Waals surface area contributed by atoms with Crippen molar-refractivity contribution >= 4 is 11.8 Å². The number of amides is 2. The first-order valence-corrected chi connectivity index (χ1v) is 7.04. The van der Waals surface area contributed by atoms with E-state index in [9.17, 15) is 14.0 Å². The van der Waals surface area contributed by atoms with Gasteiger partial charge in [-0.2, -0.15) is 0 Å². The van der Waals surface area contributed by atoms with E-state index in [0.29, 0.717) is 12.0 Å². The lowest BCUT2D eigenvalue weighted by molar-refractivity contribution is -0.141. The van der Waals surface area contributed by atoms with Gasteiger partial charge in [-0.3, -0.25) is 19.8 Å². The summed E-state index contributed by atoms with van der Waals surface area (Å²) in [6.45, 7) is 3.71. The predicted octanol–water partition coefficient (Wildman–Crippen LogP) is 0.951.